The second-order valence-electron chi connectivity index (χ2n) is 5.43. The minimum absolute atomic E-state index is 0.0955. The predicted octanol–water partition coefficient (Wildman–Crippen LogP) is -0.106. The predicted molar refractivity (Wildman–Crippen MR) is 80.5 cm³/mol. The first-order valence-corrected chi connectivity index (χ1v) is 8.20. The molecule has 0 radical (unpaired) electrons. The van der Waals surface area contributed by atoms with Crippen LogP contribution in [0.5, 0.6) is 0 Å². The van der Waals surface area contributed by atoms with Gasteiger partial charge in [0.05, 0.1) is 17.0 Å². The van der Waals surface area contributed by atoms with Gasteiger partial charge in [-0.3, -0.25) is 0 Å². The van der Waals surface area contributed by atoms with Gasteiger partial charge in [0, 0.05) is 39.6 Å². The quantitative estimate of drug-likeness (QED) is 0.667. The fraction of sp³-hybridized carbons (Fsp3) is 0.538. The van der Waals surface area contributed by atoms with E-state index in [1.165, 1.54) is 6.07 Å². The molecule has 0 amide bonds. The van der Waals surface area contributed by atoms with Crippen molar-refractivity contribution in [3.8, 4) is 0 Å². The van der Waals surface area contributed by atoms with Crippen molar-refractivity contribution in [1.82, 2.24) is 0 Å². The van der Waals surface area contributed by atoms with Crippen LogP contribution in [0.3, 0.4) is 0 Å². The number of nitrogens with zero attached hydrogens (tertiary/aromatic N) is 1. The van der Waals surface area contributed by atoms with Gasteiger partial charge in [-0.2, -0.15) is 0 Å². The minimum atomic E-state index is -3.87. The number of primary sulfonamides is 1. The molecular formula is C13H21N3O4S. The number of nitrogens with two attached hydrogens (primary N) is 2. The molecule has 0 spiro atoms. The molecule has 1 aliphatic heterocycles. The summed E-state index contributed by atoms with van der Waals surface area (Å²) in [7, 11) is -2.12. The number of sulfonamides is 1. The van der Waals surface area contributed by atoms with Crippen molar-refractivity contribution in [2.75, 3.05) is 37.4 Å². The lowest BCUT2D eigenvalue weighted by atomic mass is 9.93. The molecule has 0 saturated carbocycles. The van der Waals surface area contributed by atoms with E-state index >= 15 is 0 Å². The third-order valence-corrected chi connectivity index (χ3v) is 4.68. The second kappa shape index (κ2) is 5.80. The van der Waals surface area contributed by atoms with Crippen LogP contribution >= 0.6 is 0 Å². The summed E-state index contributed by atoms with van der Waals surface area (Å²) in [5.41, 5.74) is 5.67. The van der Waals surface area contributed by atoms with Crippen LogP contribution in [0.2, 0.25) is 0 Å². The van der Waals surface area contributed by atoms with Crippen LogP contribution in [0.4, 0.5) is 11.4 Å². The number of benzene rings is 1. The molecule has 21 heavy (non-hydrogen) atoms. The van der Waals surface area contributed by atoms with Gasteiger partial charge >= 0.3 is 0 Å². The van der Waals surface area contributed by atoms with Crippen LogP contribution in [0.1, 0.15) is 12.8 Å². The van der Waals surface area contributed by atoms with Gasteiger partial charge in [0.2, 0.25) is 10.0 Å². The van der Waals surface area contributed by atoms with Crippen LogP contribution in [-0.4, -0.2) is 45.9 Å². The largest absolute Gasteiger partial charge is 0.396 e. The monoisotopic (exact) mass is 315 g/mol. The Balaban J connectivity index is 2.25. The smallest absolute Gasteiger partial charge is 0.240 e. The Morgan fingerprint density at radius 1 is 1.38 bits per heavy atom. The van der Waals surface area contributed by atoms with E-state index in [9.17, 15) is 13.5 Å². The fourth-order valence-electron chi connectivity index (χ4n) is 2.55. The summed E-state index contributed by atoms with van der Waals surface area (Å²) in [5, 5.41) is 15.7. The molecular weight excluding hydrogens is 294 g/mol. The van der Waals surface area contributed by atoms with Crippen molar-refractivity contribution in [2.24, 2.45) is 5.14 Å². The summed E-state index contributed by atoms with van der Waals surface area (Å²) in [6, 6.07) is 4.65. The first-order valence-electron chi connectivity index (χ1n) is 6.65. The number of ether oxygens (including phenoxy) is 1. The Bertz CT molecular complexity index is 612. The standard InChI is InChI=1S/C13H21N3O4S/c1-16(9-13(17)5-7-20-8-6-13)10-3-2-4-11(12(10)14)21(15,18)19/h2-4,17H,5-9,14H2,1H3,(H2,15,18,19). The zero-order chi connectivity index (χ0) is 15.7. The van der Waals surface area contributed by atoms with Crippen molar-refractivity contribution in [2.45, 2.75) is 23.3 Å². The number of para-hydroxylation sites is 1. The maximum Gasteiger partial charge on any atom is 0.240 e. The Hall–Kier alpha value is -1.35. The van der Waals surface area contributed by atoms with Crippen LogP contribution in [0, 0.1) is 0 Å². The number of anilines is 2. The molecule has 0 bridgehead atoms. The summed E-state index contributed by atoms with van der Waals surface area (Å²) in [6.45, 7) is 1.36. The lowest BCUT2D eigenvalue weighted by Crippen LogP contribution is -2.46. The normalized spacial score (nSPS) is 18.4. The van der Waals surface area contributed by atoms with Gasteiger partial charge in [0.15, 0.2) is 0 Å². The molecule has 5 N–H and O–H groups in total. The summed E-state index contributed by atoms with van der Waals surface area (Å²) in [4.78, 5) is 1.64. The van der Waals surface area contributed by atoms with Gasteiger partial charge in [-0.1, -0.05) is 6.07 Å². The van der Waals surface area contributed by atoms with E-state index in [4.69, 9.17) is 15.6 Å². The summed E-state index contributed by atoms with van der Waals surface area (Å²) < 4.78 is 28.2. The topological polar surface area (TPSA) is 119 Å². The van der Waals surface area contributed by atoms with E-state index in [0.29, 0.717) is 38.3 Å². The molecule has 1 heterocycles. The molecule has 118 valence electrons. The molecule has 1 fully saturated rings. The Kier molecular flexibility index (Phi) is 4.43. The molecule has 0 aliphatic carbocycles. The highest BCUT2D eigenvalue weighted by molar-refractivity contribution is 7.89. The Labute approximate surface area is 124 Å². The summed E-state index contributed by atoms with van der Waals surface area (Å²) in [5.74, 6) is 0. The van der Waals surface area contributed by atoms with Crippen LogP contribution in [0.25, 0.3) is 0 Å². The molecule has 1 saturated heterocycles. The zero-order valence-electron chi connectivity index (χ0n) is 11.9. The average molecular weight is 315 g/mol. The third kappa shape index (κ3) is 3.65. The SMILES string of the molecule is CN(CC1(O)CCOCC1)c1cccc(S(N)(=O)=O)c1N. The fourth-order valence-corrected chi connectivity index (χ4v) is 3.23. The maximum atomic E-state index is 11.5. The minimum Gasteiger partial charge on any atom is -0.396 e. The molecule has 7 nitrogen and oxygen atoms in total. The van der Waals surface area contributed by atoms with Crippen LogP contribution in [-0.2, 0) is 14.8 Å². The average Bonchev–Trinajstić information content (AvgIpc) is 2.37. The maximum absolute atomic E-state index is 11.5. The number of aliphatic hydroxyl groups is 1. The van der Waals surface area contributed by atoms with E-state index in [0.717, 1.165) is 0 Å². The molecule has 1 aromatic carbocycles. The lowest BCUT2D eigenvalue weighted by Gasteiger charge is -2.36. The molecule has 1 aromatic rings. The van der Waals surface area contributed by atoms with Crippen molar-refractivity contribution >= 4 is 21.4 Å². The van der Waals surface area contributed by atoms with Gasteiger partial charge in [-0.15, -0.1) is 0 Å². The molecule has 8 heteroatoms. The first-order chi connectivity index (χ1) is 9.73. The van der Waals surface area contributed by atoms with Crippen molar-refractivity contribution < 1.29 is 18.3 Å². The zero-order valence-corrected chi connectivity index (χ0v) is 12.8. The van der Waals surface area contributed by atoms with E-state index in [2.05, 4.69) is 0 Å². The van der Waals surface area contributed by atoms with Gasteiger partial charge in [-0.05, 0) is 12.1 Å². The first kappa shape index (κ1) is 16.0. The Morgan fingerprint density at radius 2 is 2.00 bits per heavy atom. The van der Waals surface area contributed by atoms with E-state index in [-0.39, 0.29) is 10.6 Å². The van der Waals surface area contributed by atoms with Crippen molar-refractivity contribution in [3.05, 3.63) is 18.2 Å². The van der Waals surface area contributed by atoms with Gasteiger partial charge in [0.1, 0.15) is 4.90 Å². The van der Waals surface area contributed by atoms with Crippen LogP contribution in [0.15, 0.2) is 23.1 Å². The van der Waals surface area contributed by atoms with Crippen molar-refractivity contribution in [1.29, 1.82) is 0 Å². The molecule has 0 unspecified atom stereocenters. The molecule has 2 rings (SSSR count). The number of hydrogen-bond donors (Lipinski definition) is 3. The van der Waals surface area contributed by atoms with Gasteiger partial charge in [0.25, 0.3) is 0 Å². The molecule has 1 aliphatic rings. The number of likely N-dealkylation sites (N-methyl/N-ethyl adjacent to an activating group) is 1. The third-order valence-electron chi connectivity index (χ3n) is 3.72. The molecule has 0 atom stereocenters. The number of nitrogen functional groups attached to an aromatic ring is 1. The van der Waals surface area contributed by atoms with Crippen molar-refractivity contribution in [3.63, 3.8) is 0 Å². The van der Waals surface area contributed by atoms with E-state index < -0.39 is 15.6 Å². The lowest BCUT2D eigenvalue weighted by molar-refractivity contribution is -0.0572. The highest BCUT2D eigenvalue weighted by Crippen LogP contribution is 2.31. The van der Waals surface area contributed by atoms with Crippen LogP contribution < -0.4 is 15.8 Å². The van der Waals surface area contributed by atoms with Gasteiger partial charge in [-0.25, -0.2) is 13.6 Å². The summed E-state index contributed by atoms with van der Waals surface area (Å²) >= 11 is 0. The van der Waals surface area contributed by atoms with E-state index in [1.807, 2.05) is 0 Å². The molecule has 0 aromatic heterocycles. The Morgan fingerprint density at radius 3 is 2.57 bits per heavy atom. The highest BCUT2D eigenvalue weighted by atomic mass is 32.2. The second-order valence-corrected chi connectivity index (χ2v) is 6.96. The van der Waals surface area contributed by atoms with Gasteiger partial charge < -0.3 is 20.5 Å². The summed E-state index contributed by atoms with van der Waals surface area (Å²) in [6.07, 6.45) is 1.07. The van der Waals surface area contributed by atoms with E-state index in [1.54, 1.807) is 24.1 Å². The highest BCUT2D eigenvalue weighted by Gasteiger charge is 2.32. The number of rotatable bonds is 4. The number of hydrogen-bond acceptors (Lipinski definition) is 6.